The van der Waals surface area contributed by atoms with Crippen LogP contribution in [-0.4, -0.2) is 18.1 Å². The van der Waals surface area contributed by atoms with Crippen LogP contribution in [0.5, 0.6) is 0 Å². The summed E-state index contributed by atoms with van der Waals surface area (Å²) in [4.78, 5) is 11.4. The van der Waals surface area contributed by atoms with Gasteiger partial charge in [-0.25, -0.2) is 10.9 Å². The zero-order chi connectivity index (χ0) is 10.5. The first-order valence-electron chi connectivity index (χ1n) is 5.42. The Morgan fingerprint density at radius 1 is 1.33 bits per heavy atom. The first-order valence-corrected chi connectivity index (χ1v) is 5.42. The van der Waals surface area contributed by atoms with Crippen LogP contribution in [0.15, 0.2) is 18.3 Å². The summed E-state index contributed by atoms with van der Waals surface area (Å²) in [5, 5.41) is 0. The number of anilines is 1. The van der Waals surface area contributed by atoms with E-state index in [4.69, 9.17) is 10.7 Å². The molecular formula is C11H17N3O. The maximum Gasteiger partial charge on any atom is 0.134 e. The van der Waals surface area contributed by atoms with Crippen molar-refractivity contribution >= 4 is 5.82 Å². The lowest BCUT2D eigenvalue weighted by Gasteiger charge is -2.29. The number of rotatable bonds is 3. The van der Waals surface area contributed by atoms with Gasteiger partial charge in [-0.05, 0) is 25.3 Å². The monoisotopic (exact) mass is 207 g/mol. The maximum atomic E-state index is 5.11. The molecule has 2 rings (SSSR count). The number of piperidine rings is 1. The molecule has 1 fully saturated rings. The predicted molar refractivity (Wildman–Crippen MR) is 59.3 cm³/mol. The lowest BCUT2D eigenvalue weighted by molar-refractivity contribution is 0.124. The van der Waals surface area contributed by atoms with Gasteiger partial charge >= 0.3 is 0 Å². The highest BCUT2D eigenvalue weighted by molar-refractivity contribution is 5.46. The molecule has 0 saturated carbocycles. The van der Waals surface area contributed by atoms with E-state index in [1.165, 1.54) is 19.3 Å². The molecule has 1 aliphatic rings. The van der Waals surface area contributed by atoms with Crippen LogP contribution in [-0.2, 0) is 11.4 Å². The Labute approximate surface area is 90.0 Å². The molecule has 82 valence electrons. The maximum absolute atomic E-state index is 5.11. The van der Waals surface area contributed by atoms with Crippen LogP contribution in [0.1, 0.15) is 24.8 Å². The van der Waals surface area contributed by atoms with Crippen LogP contribution >= 0.6 is 0 Å². The largest absolute Gasteiger partial charge is 0.356 e. The van der Waals surface area contributed by atoms with E-state index in [-0.39, 0.29) is 0 Å². The summed E-state index contributed by atoms with van der Waals surface area (Å²) in [6.07, 6.45) is 5.65. The van der Waals surface area contributed by atoms with Gasteiger partial charge in [-0.1, -0.05) is 6.07 Å². The molecule has 0 atom stereocenters. The van der Waals surface area contributed by atoms with E-state index in [0.717, 1.165) is 24.5 Å². The Bertz CT molecular complexity index is 310. The molecule has 1 aromatic rings. The minimum Gasteiger partial charge on any atom is -0.356 e. The number of pyridine rings is 1. The average Bonchev–Trinajstić information content (AvgIpc) is 2.31. The highest BCUT2D eigenvalue weighted by Crippen LogP contribution is 2.21. The summed E-state index contributed by atoms with van der Waals surface area (Å²) in [5.41, 5.74) is 1.07. The van der Waals surface area contributed by atoms with Crippen LogP contribution in [0.3, 0.4) is 0 Å². The standard InChI is InChI=1S/C11H17N3O/c12-15-9-10-5-4-6-13-11(10)14-7-2-1-3-8-14/h4-6H,1-3,7-9,12H2. The quantitative estimate of drug-likeness (QED) is 0.762. The van der Waals surface area contributed by atoms with Gasteiger partial charge in [0, 0.05) is 24.8 Å². The van der Waals surface area contributed by atoms with Crippen molar-refractivity contribution in [1.29, 1.82) is 0 Å². The van der Waals surface area contributed by atoms with Crippen molar-refractivity contribution in [3.8, 4) is 0 Å². The number of hydrogen-bond donors (Lipinski definition) is 1. The Balaban J connectivity index is 2.17. The lowest BCUT2D eigenvalue weighted by Crippen LogP contribution is -2.31. The van der Waals surface area contributed by atoms with Gasteiger partial charge in [-0.15, -0.1) is 0 Å². The summed E-state index contributed by atoms with van der Waals surface area (Å²) < 4.78 is 0. The molecular weight excluding hydrogens is 190 g/mol. The smallest absolute Gasteiger partial charge is 0.134 e. The first kappa shape index (κ1) is 10.4. The molecule has 0 spiro atoms. The van der Waals surface area contributed by atoms with Gasteiger partial charge in [-0.3, -0.25) is 4.84 Å². The summed E-state index contributed by atoms with van der Waals surface area (Å²) in [6.45, 7) is 2.61. The lowest BCUT2D eigenvalue weighted by atomic mass is 10.1. The van der Waals surface area contributed by atoms with Gasteiger partial charge in [0.25, 0.3) is 0 Å². The molecule has 0 aromatic carbocycles. The van der Waals surface area contributed by atoms with Gasteiger partial charge in [0.2, 0.25) is 0 Å². The molecule has 2 N–H and O–H groups in total. The van der Waals surface area contributed by atoms with Crippen molar-refractivity contribution < 1.29 is 4.84 Å². The van der Waals surface area contributed by atoms with Crippen molar-refractivity contribution in [1.82, 2.24) is 4.98 Å². The van der Waals surface area contributed by atoms with E-state index in [9.17, 15) is 0 Å². The van der Waals surface area contributed by atoms with Gasteiger partial charge in [0.15, 0.2) is 0 Å². The van der Waals surface area contributed by atoms with Crippen molar-refractivity contribution in [3.63, 3.8) is 0 Å². The van der Waals surface area contributed by atoms with Crippen LogP contribution in [0.2, 0.25) is 0 Å². The predicted octanol–water partition coefficient (Wildman–Crippen LogP) is 1.46. The Hall–Kier alpha value is -1.13. The third-order valence-corrected chi connectivity index (χ3v) is 2.76. The minimum atomic E-state index is 0.430. The number of nitrogens with zero attached hydrogens (tertiary/aromatic N) is 2. The highest BCUT2D eigenvalue weighted by atomic mass is 16.6. The number of aromatic nitrogens is 1. The molecule has 1 aromatic heterocycles. The summed E-state index contributed by atoms with van der Waals surface area (Å²) in [7, 11) is 0. The molecule has 4 heteroatoms. The van der Waals surface area contributed by atoms with E-state index >= 15 is 0 Å². The van der Waals surface area contributed by atoms with Gasteiger partial charge in [-0.2, -0.15) is 0 Å². The molecule has 0 aliphatic carbocycles. The fourth-order valence-corrected chi connectivity index (χ4v) is 2.02. The molecule has 15 heavy (non-hydrogen) atoms. The molecule has 0 radical (unpaired) electrons. The third-order valence-electron chi connectivity index (χ3n) is 2.76. The Morgan fingerprint density at radius 2 is 2.13 bits per heavy atom. The van der Waals surface area contributed by atoms with E-state index in [1.54, 1.807) is 0 Å². The van der Waals surface area contributed by atoms with E-state index in [2.05, 4.69) is 9.88 Å². The number of hydrogen-bond acceptors (Lipinski definition) is 4. The normalized spacial score (nSPS) is 16.7. The second-order valence-electron chi connectivity index (χ2n) is 3.84. The third kappa shape index (κ3) is 2.46. The Kier molecular flexibility index (Phi) is 3.53. The zero-order valence-corrected chi connectivity index (χ0v) is 8.85. The second-order valence-corrected chi connectivity index (χ2v) is 3.84. The van der Waals surface area contributed by atoms with Crippen molar-refractivity contribution in [3.05, 3.63) is 23.9 Å². The van der Waals surface area contributed by atoms with E-state index in [0.29, 0.717) is 6.61 Å². The minimum absolute atomic E-state index is 0.430. The summed E-state index contributed by atoms with van der Waals surface area (Å²) in [6, 6.07) is 3.94. The van der Waals surface area contributed by atoms with Gasteiger partial charge in [0.1, 0.15) is 5.82 Å². The van der Waals surface area contributed by atoms with Gasteiger partial charge in [0.05, 0.1) is 6.61 Å². The number of nitrogens with two attached hydrogens (primary N) is 1. The molecule has 0 amide bonds. The Morgan fingerprint density at radius 3 is 2.87 bits per heavy atom. The SMILES string of the molecule is NOCc1cccnc1N1CCCCC1. The van der Waals surface area contributed by atoms with Crippen molar-refractivity contribution in [2.24, 2.45) is 5.90 Å². The first-order chi connectivity index (χ1) is 7.42. The van der Waals surface area contributed by atoms with Crippen LogP contribution < -0.4 is 10.8 Å². The van der Waals surface area contributed by atoms with E-state index < -0.39 is 0 Å². The van der Waals surface area contributed by atoms with Crippen molar-refractivity contribution in [2.45, 2.75) is 25.9 Å². The highest BCUT2D eigenvalue weighted by Gasteiger charge is 2.14. The fourth-order valence-electron chi connectivity index (χ4n) is 2.02. The van der Waals surface area contributed by atoms with Crippen LogP contribution in [0.4, 0.5) is 5.82 Å². The molecule has 1 saturated heterocycles. The van der Waals surface area contributed by atoms with Crippen LogP contribution in [0, 0.1) is 0 Å². The van der Waals surface area contributed by atoms with Gasteiger partial charge < -0.3 is 4.90 Å². The zero-order valence-electron chi connectivity index (χ0n) is 8.85. The topological polar surface area (TPSA) is 51.4 Å². The van der Waals surface area contributed by atoms with Crippen LogP contribution in [0.25, 0.3) is 0 Å². The summed E-state index contributed by atoms with van der Waals surface area (Å²) in [5.74, 6) is 6.14. The van der Waals surface area contributed by atoms with E-state index in [1.807, 2.05) is 18.3 Å². The average molecular weight is 207 g/mol. The summed E-state index contributed by atoms with van der Waals surface area (Å²) >= 11 is 0. The van der Waals surface area contributed by atoms with Crippen molar-refractivity contribution in [2.75, 3.05) is 18.0 Å². The molecule has 4 nitrogen and oxygen atoms in total. The fraction of sp³-hybridized carbons (Fsp3) is 0.545. The molecule has 0 unspecified atom stereocenters. The molecule has 0 bridgehead atoms. The molecule has 2 heterocycles. The molecule has 1 aliphatic heterocycles. The second kappa shape index (κ2) is 5.09.